The molecule has 2 nitrogen and oxygen atoms in total. The highest BCUT2D eigenvalue weighted by atomic mass is 19.3. The third kappa shape index (κ3) is 2.83. The molecule has 0 bridgehead atoms. The highest BCUT2D eigenvalue weighted by Gasteiger charge is 2.42. The largest absolute Gasteiger partial charge is 0.387 e. The van der Waals surface area contributed by atoms with Crippen LogP contribution in [0.5, 0.6) is 0 Å². The van der Waals surface area contributed by atoms with E-state index in [9.17, 15) is 19.1 Å². The molecule has 108 valence electrons. The zero-order chi connectivity index (χ0) is 14.8. The van der Waals surface area contributed by atoms with Gasteiger partial charge in [-0.3, -0.25) is 0 Å². The van der Waals surface area contributed by atoms with Crippen molar-refractivity contribution in [3.8, 4) is 6.07 Å². The van der Waals surface area contributed by atoms with Gasteiger partial charge in [0, 0.05) is 5.56 Å². The third-order valence-corrected chi connectivity index (χ3v) is 4.28. The Labute approximate surface area is 118 Å². The van der Waals surface area contributed by atoms with Crippen molar-refractivity contribution in [2.24, 2.45) is 11.3 Å². The third-order valence-electron chi connectivity index (χ3n) is 4.28. The van der Waals surface area contributed by atoms with E-state index in [1.807, 2.05) is 0 Å². The van der Waals surface area contributed by atoms with Crippen LogP contribution >= 0.6 is 0 Å². The molecule has 0 spiro atoms. The quantitative estimate of drug-likeness (QED) is 0.892. The van der Waals surface area contributed by atoms with Crippen LogP contribution in [0.1, 0.15) is 56.3 Å². The van der Waals surface area contributed by atoms with E-state index in [-0.39, 0.29) is 5.56 Å². The van der Waals surface area contributed by atoms with Crippen LogP contribution in [0.2, 0.25) is 0 Å². The molecule has 0 radical (unpaired) electrons. The normalized spacial score (nSPS) is 28.1. The van der Waals surface area contributed by atoms with Gasteiger partial charge in [-0.2, -0.15) is 5.26 Å². The molecule has 0 amide bonds. The lowest BCUT2D eigenvalue weighted by Crippen LogP contribution is -2.32. The predicted octanol–water partition coefficient (Wildman–Crippen LogP) is 4.38. The number of nitriles is 1. The summed E-state index contributed by atoms with van der Waals surface area (Å²) in [5.74, 6) is 0.401. The van der Waals surface area contributed by atoms with Crippen molar-refractivity contribution in [3.63, 3.8) is 0 Å². The lowest BCUT2D eigenvalue weighted by molar-refractivity contribution is 0.0219. The first-order valence-corrected chi connectivity index (χ1v) is 6.96. The molecule has 0 heterocycles. The van der Waals surface area contributed by atoms with Crippen molar-refractivity contribution in [2.75, 3.05) is 0 Å². The van der Waals surface area contributed by atoms with Gasteiger partial charge in [0.2, 0.25) is 0 Å². The molecule has 0 aliphatic heterocycles. The van der Waals surface area contributed by atoms with Gasteiger partial charge in [0.15, 0.2) is 0 Å². The standard InChI is InChI=1S/C16H19F2NO/c1-11-3-2-8-16(9-11,10-19)14(20)12-4-6-13(7-5-12)15(17)18/h4-7,11,14-15,20H,2-3,8-9H2,1H3. The summed E-state index contributed by atoms with van der Waals surface area (Å²) >= 11 is 0. The average Bonchev–Trinajstić information content (AvgIpc) is 2.46. The molecule has 20 heavy (non-hydrogen) atoms. The van der Waals surface area contributed by atoms with Crippen molar-refractivity contribution in [2.45, 2.75) is 45.1 Å². The Bertz CT molecular complexity index is 494. The van der Waals surface area contributed by atoms with Gasteiger partial charge in [0.25, 0.3) is 6.43 Å². The number of benzene rings is 1. The molecule has 1 aliphatic carbocycles. The van der Waals surface area contributed by atoms with Gasteiger partial charge in [-0.15, -0.1) is 0 Å². The summed E-state index contributed by atoms with van der Waals surface area (Å²) < 4.78 is 25.1. The Hall–Kier alpha value is -1.47. The molecule has 3 unspecified atom stereocenters. The Morgan fingerprint density at radius 2 is 1.90 bits per heavy atom. The molecule has 1 saturated carbocycles. The van der Waals surface area contributed by atoms with Gasteiger partial charge >= 0.3 is 0 Å². The van der Waals surface area contributed by atoms with Crippen LogP contribution in [0.4, 0.5) is 8.78 Å². The van der Waals surface area contributed by atoms with E-state index in [0.29, 0.717) is 24.3 Å². The van der Waals surface area contributed by atoms with E-state index in [2.05, 4.69) is 13.0 Å². The van der Waals surface area contributed by atoms with E-state index < -0.39 is 17.9 Å². The fourth-order valence-electron chi connectivity index (χ4n) is 3.15. The average molecular weight is 279 g/mol. The van der Waals surface area contributed by atoms with Crippen molar-refractivity contribution >= 4 is 0 Å². The number of hydrogen-bond acceptors (Lipinski definition) is 2. The highest BCUT2D eigenvalue weighted by molar-refractivity contribution is 5.28. The summed E-state index contributed by atoms with van der Waals surface area (Å²) in [5, 5.41) is 20.0. The minimum atomic E-state index is -2.51. The maximum atomic E-state index is 12.5. The molecule has 1 aromatic carbocycles. The molecule has 0 aromatic heterocycles. The number of halogens is 2. The monoisotopic (exact) mass is 279 g/mol. The molecular weight excluding hydrogens is 260 g/mol. The second kappa shape index (κ2) is 5.88. The summed E-state index contributed by atoms with van der Waals surface area (Å²) in [6.45, 7) is 2.08. The molecule has 3 atom stereocenters. The molecular formula is C16H19F2NO. The molecule has 1 aliphatic rings. The lowest BCUT2D eigenvalue weighted by atomic mass is 9.66. The number of aliphatic hydroxyl groups is 1. The van der Waals surface area contributed by atoms with Crippen molar-refractivity contribution in [1.82, 2.24) is 0 Å². The highest BCUT2D eigenvalue weighted by Crippen LogP contribution is 2.47. The van der Waals surface area contributed by atoms with Crippen LogP contribution in [0.25, 0.3) is 0 Å². The Morgan fingerprint density at radius 3 is 2.40 bits per heavy atom. The van der Waals surface area contributed by atoms with Gasteiger partial charge < -0.3 is 5.11 Å². The van der Waals surface area contributed by atoms with Crippen LogP contribution in [-0.4, -0.2) is 5.11 Å². The van der Waals surface area contributed by atoms with Crippen LogP contribution < -0.4 is 0 Å². The number of hydrogen-bond donors (Lipinski definition) is 1. The predicted molar refractivity (Wildman–Crippen MR) is 72.0 cm³/mol. The van der Waals surface area contributed by atoms with Gasteiger partial charge in [0.05, 0.1) is 17.6 Å². The lowest BCUT2D eigenvalue weighted by Gasteiger charge is -2.38. The molecule has 1 aromatic rings. The summed E-state index contributed by atoms with van der Waals surface area (Å²) in [4.78, 5) is 0. The first kappa shape index (κ1) is 14.9. The van der Waals surface area contributed by atoms with Crippen molar-refractivity contribution in [1.29, 1.82) is 5.26 Å². The summed E-state index contributed by atoms with van der Waals surface area (Å²) in [7, 11) is 0. The summed E-state index contributed by atoms with van der Waals surface area (Å²) in [5.41, 5.74) is -0.307. The second-order valence-electron chi connectivity index (χ2n) is 5.84. The van der Waals surface area contributed by atoms with E-state index in [0.717, 1.165) is 12.8 Å². The Kier molecular flexibility index (Phi) is 4.39. The zero-order valence-electron chi connectivity index (χ0n) is 11.5. The molecule has 0 saturated heterocycles. The van der Waals surface area contributed by atoms with Gasteiger partial charge in [-0.05, 0) is 24.3 Å². The van der Waals surface area contributed by atoms with E-state index >= 15 is 0 Å². The number of nitrogens with zero attached hydrogens (tertiary/aromatic N) is 1. The summed E-state index contributed by atoms with van der Waals surface area (Å²) in [6, 6.07) is 7.93. The fourth-order valence-corrected chi connectivity index (χ4v) is 3.15. The van der Waals surface area contributed by atoms with Crippen LogP contribution in [0, 0.1) is 22.7 Å². The first-order valence-electron chi connectivity index (χ1n) is 6.96. The minimum Gasteiger partial charge on any atom is -0.387 e. The van der Waals surface area contributed by atoms with Crippen LogP contribution in [0.15, 0.2) is 24.3 Å². The smallest absolute Gasteiger partial charge is 0.263 e. The number of alkyl halides is 2. The Morgan fingerprint density at radius 1 is 1.30 bits per heavy atom. The van der Waals surface area contributed by atoms with Gasteiger partial charge in [-0.25, -0.2) is 8.78 Å². The molecule has 1 N–H and O–H groups in total. The van der Waals surface area contributed by atoms with Crippen molar-refractivity contribution in [3.05, 3.63) is 35.4 Å². The Balaban J connectivity index is 2.24. The van der Waals surface area contributed by atoms with E-state index in [1.54, 1.807) is 0 Å². The second-order valence-corrected chi connectivity index (χ2v) is 5.84. The van der Waals surface area contributed by atoms with Gasteiger partial charge in [-0.1, -0.05) is 44.0 Å². The first-order chi connectivity index (χ1) is 9.48. The zero-order valence-corrected chi connectivity index (χ0v) is 11.5. The van der Waals surface area contributed by atoms with Crippen molar-refractivity contribution < 1.29 is 13.9 Å². The van der Waals surface area contributed by atoms with Crippen LogP contribution in [-0.2, 0) is 0 Å². The number of aliphatic hydroxyl groups excluding tert-OH is 1. The SMILES string of the molecule is CC1CCCC(C#N)(C(O)c2ccc(C(F)F)cc2)C1. The maximum Gasteiger partial charge on any atom is 0.263 e. The molecule has 4 heteroatoms. The minimum absolute atomic E-state index is 0.0658. The molecule has 2 rings (SSSR count). The van der Waals surface area contributed by atoms with Gasteiger partial charge in [0.1, 0.15) is 0 Å². The van der Waals surface area contributed by atoms with E-state index in [1.165, 1.54) is 24.3 Å². The maximum absolute atomic E-state index is 12.5. The summed E-state index contributed by atoms with van der Waals surface area (Å²) in [6.07, 6.45) is -0.128. The van der Waals surface area contributed by atoms with Crippen LogP contribution in [0.3, 0.4) is 0 Å². The number of rotatable bonds is 3. The fraction of sp³-hybridized carbons (Fsp3) is 0.562. The van der Waals surface area contributed by atoms with E-state index in [4.69, 9.17) is 0 Å². The topological polar surface area (TPSA) is 44.0 Å². The molecule has 1 fully saturated rings.